The van der Waals surface area contributed by atoms with Gasteiger partial charge in [-0.25, -0.2) is 9.18 Å². The van der Waals surface area contributed by atoms with Gasteiger partial charge in [0.05, 0.1) is 10.0 Å². The van der Waals surface area contributed by atoms with Gasteiger partial charge >= 0.3 is 5.97 Å². The van der Waals surface area contributed by atoms with Crippen LogP contribution in [-0.2, 0) is 13.5 Å². The summed E-state index contributed by atoms with van der Waals surface area (Å²) in [4.78, 5) is 24.4. The van der Waals surface area contributed by atoms with E-state index in [1.54, 1.807) is 33.0 Å². The summed E-state index contributed by atoms with van der Waals surface area (Å²) in [5.41, 5.74) is 7.14. The van der Waals surface area contributed by atoms with Crippen molar-refractivity contribution in [3.8, 4) is 0 Å². The summed E-state index contributed by atoms with van der Waals surface area (Å²) >= 11 is 3.24. The first-order valence-electron chi connectivity index (χ1n) is 8.23. The van der Waals surface area contributed by atoms with Crippen LogP contribution in [0.5, 0.6) is 0 Å². The fourth-order valence-electron chi connectivity index (χ4n) is 2.71. The van der Waals surface area contributed by atoms with Gasteiger partial charge in [-0.2, -0.15) is 0 Å². The molecule has 2 aromatic rings. The maximum atomic E-state index is 13.4. The van der Waals surface area contributed by atoms with Crippen LogP contribution >= 0.6 is 15.9 Å². The fourth-order valence-corrected chi connectivity index (χ4v) is 3.55. The molecule has 6 nitrogen and oxygen atoms in total. The summed E-state index contributed by atoms with van der Waals surface area (Å²) in [7, 11) is 1.62. The van der Waals surface area contributed by atoms with Crippen LogP contribution < -0.4 is 11.1 Å². The zero-order valence-electron chi connectivity index (χ0n) is 15.2. The maximum absolute atomic E-state index is 13.4. The van der Waals surface area contributed by atoms with E-state index < -0.39 is 11.9 Å². The van der Waals surface area contributed by atoms with Crippen molar-refractivity contribution in [1.82, 2.24) is 4.57 Å². The number of hydrogen-bond acceptors (Lipinski definition) is 3. The number of carbonyl (C=O) groups excluding carboxylic acids is 1. The highest BCUT2D eigenvalue weighted by atomic mass is 79.9. The predicted octanol–water partition coefficient (Wildman–Crippen LogP) is 3.63. The van der Waals surface area contributed by atoms with Crippen molar-refractivity contribution >= 4 is 33.5 Å². The van der Waals surface area contributed by atoms with Crippen LogP contribution in [0, 0.1) is 12.7 Å². The number of benzene rings is 1. The highest BCUT2D eigenvalue weighted by Gasteiger charge is 2.27. The van der Waals surface area contributed by atoms with E-state index in [9.17, 15) is 19.1 Å². The van der Waals surface area contributed by atoms with Crippen molar-refractivity contribution in [2.75, 3.05) is 5.32 Å². The molecule has 0 aliphatic heterocycles. The first-order chi connectivity index (χ1) is 12.6. The Bertz CT molecular complexity index is 919. The number of aromatic carboxylic acids is 1. The maximum Gasteiger partial charge on any atom is 0.338 e. The molecule has 1 aromatic heterocycles. The van der Waals surface area contributed by atoms with E-state index in [0.29, 0.717) is 23.4 Å². The van der Waals surface area contributed by atoms with Crippen molar-refractivity contribution in [1.29, 1.82) is 0 Å². The van der Waals surface area contributed by atoms with Gasteiger partial charge < -0.3 is 20.7 Å². The number of halogens is 2. The molecule has 8 heteroatoms. The van der Waals surface area contributed by atoms with E-state index >= 15 is 0 Å². The average molecular weight is 438 g/mol. The SMILES string of the molecule is Cc1cc(NC(=O)c2c(Br)c(C(=O)O)c(C/C=C/C(C)N)n2C)ccc1F. The largest absolute Gasteiger partial charge is 0.478 e. The number of anilines is 1. The molecule has 1 unspecified atom stereocenters. The standard InChI is InChI=1S/C19H21BrFN3O3/c1-10-9-12(7-8-13(10)21)23-18(25)17-16(20)15(19(26)27)14(24(17)3)6-4-5-11(2)22/h4-5,7-9,11H,6,22H2,1-3H3,(H,23,25)(H,26,27)/b5-4+. The third kappa shape index (κ3) is 4.64. The van der Waals surface area contributed by atoms with Gasteiger partial charge in [0, 0.05) is 30.9 Å². The van der Waals surface area contributed by atoms with Gasteiger partial charge in [-0.15, -0.1) is 0 Å². The van der Waals surface area contributed by atoms with Gasteiger partial charge in [0.2, 0.25) is 0 Å². The average Bonchev–Trinajstić information content (AvgIpc) is 2.81. The van der Waals surface area contributed by atoms with Crippen molar-refractivity contribution in [3.05, 3.63) is 63.2 Å². The van der Waals surface area contributed by atoms with Crippen molar-refractivity contribution in [2.24, 2.45) is 12.8 Å². The van der Waals surface area contributed by atoms with E-state index in [2.05, 4.69) is 21.2 Å². The molecule has 0 fully saturated rings. The second-order valence-corrected chi connectivity index (χ2v) is 7.05. The molecule has 2 rings (SSSR count). The molecule has 0 saturated carbocycles. The monoisotopic (exact) mass is 437 g/mol. The molecular formula is C19H21BrFN3O3. The molecule has 0 spiro atoms. The summed E-state index contributed by atoms with van der Waals surface area (Å²) in [6, 6.07) is 4.06. The van der Waals surface area contributed by atoms with Crippen LogP contribution in [0.4, 0.5) is 10.1 Å². The zero-order valence-corrected chi connectivity index (χ0v) is 16.8. The third-order valence-corrected chi connectivity index (χ3v) is 4.82. The van der Waals surface area contributed by atoms with E-state index in [1.807, 2.05) is 0 Å². The molecule has 1 amide bonds. The summed E-state index contributed by atoms with van der Waals surface area (Å²) in [5.74, 6) is -2.01. The van der Waals surface area contributed by atoms with E-state index in [0.717, 1.165) is 0 Å². The lowest BCUT2D eigenvalue weighted by Crippen LogP contribution is -2.17. The zero-order chi connectivity index (χ0) is 20.3. The Hall–Kier alpha value is -2.45. The first kappa shape index (κ1) is 20.9. The van der Waals surface area contributed by atoms with Crippen LogP contribution in [0.25, 0.3) is 0 Å². The highest BCUT2D eigenvalue weighted by Crippen LogP contribution is 2.29. The topological polar surface area (TPSA) is 97.3 Å². The molecule has 4 N–H and O–H groups in total. The predicted molar refractivity (Wildman–Crippen MR) is 106 cm³/mol. The Balaban J connectivity index is 2.41. The summed E-state index contributed by atoms with van der Waals surface area (Å²) < 4.78 is 15.1. The van der Waals surface area contributed by atoms with Crippen LogP contribution in [0.3, 0.4) is 0 Å². The number of allylic oxidation sites excluding steroid dienone is 1. The Morgan fingerprint density at radius 3 is 2.67 bits per heavy atom. The fraction of sp³-hybridized carbons (Fsp3) is 0.263. The number of aryl methyl sites for hydroxylation is 1. The summed E-state index contributed by atoms with van der Waals surface area (Å²) in [6.45, 7) is 3.40. The van der Waals surface area contributed by atoms with Crippen LogP contribution in [0.1, 0.15) is 39.0 Å². The van der Waals surface area contributed by atoms with Crippen molar-refractivity contribution in [3.63, 3.8) is 0 Å². The molecule has 0 aliphatic carbocycles. The van der Waals surface area contributed by atoms with Crippen molar-refractivity contribution in [2.45, 2.75) is 26.3 Å². The van der Waals surface area contributed by atoms with Crippen LogP contribution in [-0.4, -0.2) is 27.6 Å². The molecule has 27 heavy (non-hydrogen) atoms. The minimum absolute atomic E-state index is 0.0206. The van der Waals surface area contributed by atoms with Gasteiger partial charge in [0.15, 0.2) is 0 Å². The lowest BCUT2D eigenvalue weighted by atomic mass is 10.1. The lowest BCUT2D eigenvalue weighted by Gasteiger charge is -2.09. The number of aromatic nitrogens is 1. The molecule has 0 aliphatic rings. The molecule has 0 bridgehead atoms. The number of nitrogens with one attached hydrogen (secondary N) is 1. The molecule has 1 aromatic carbocycles. The van der Waals surface area contributed by atoms with Crippen LogP contribution in [0.2, 0.25) is 0 Å². The second kappa shape index (κ2) is 8.49. The number of carbonyl (C=O) groups is 2. The van der Waals surface area contributed by atoms with E-state index in [4.69, 9.17) is 5.73 Å². The molecule has 1 heterocycles. The minimum Gasteiger partial charge on any atom is -0.478 e. The number of nitrogens with two attached hydrogens (primary N) is 1. The molecular weight excluding hydrogens is 417 g/mol. The van der Waals surface area contributed by atoms with E-state index in [-0.39, 0.29) is 27.6 Å². The first-order valence-corrected chi connectivity index (χ1v) is 9.02. The number of amides is 1. The molecule has 144 valence electrons. The van der Waals surface area contributed by atoms with Gasteiger partial charge in [-0.1, -0.05) is 12.2 Å². The smallest absolute Gasteiger partial charge is 0.338 e. The molecule has 1 atom stereocenters. The Kier molecular flexibility index (Phi) is 6.56. The summed E-state index contributed by atoms with van der Waals surface area (Å²) in [6.07, 6.45) is 3.83. The Labute approximate surface area is 165 Å². The van der Waals surface area contributed by atoms with Crippen LogP contribution in [0.15, 0.2) is 34.8 Å². The van der Waals surface area contributed by atoms with Gasteiger partial charge in [0.1, 0.15) is 11.5 Å². The van der Waals surface area contributed by atoms with Gasteiger partial charge in [0.25, 0.3) is 5.91 Å². The van der Waals surface area contributed by atoms with E-state index in [1.165, 1.54) is 22.8 Å². The Morgan fingerprint density at radius 1 is 1.44 bits per heavy atom. The second-order valence-electron chi connectivity index (χ2n) is 6.26. The summed E-state index contributed by atoms with van der Waals surface area (Å²) in [5, 5.41) is 12.2. The minimum atomic E-state index is -1.14. The Morgan fingerprint density at radius 2 is 2.11 bits per heavy atom. The number of carboxylic acid groups (broad SMARTS) is 1. The number of rotatable bonds is 6. The van der Waals surface area contributed by atoms with Gasteiger partial charge in [-0.3, -0.25) is 4.79 Å². The highest BCUT2D eigenvalue weighted by molar-refractivity contribution is 9.10. The third-order valence-electron chi connectivity index (χ3n) is 4.05. The molecule has 0 radical (unpaired) electrons. The molecule has 0 saturated heterocycles. The van der Waals surface area contributed by atoms with Crippen molar-refractivity contribution < 1.29 is 19.1 Å². The lowest BCUT2D eigenvalue weighted by molar-refractivity contribution is 0.0694. The number of carboxylic acids is 1. The number of nitrogens with zero attached hydrogens (tertiary/aromatic N) is 1. The quantitative estimate of drug-likeness (QED) is 0.600. The van der Waals surface area contributed by atoms with Gasteiger partial charge in [-0.05, 0) is 53.5 Å². The normalized spacial score (nSPS) is 12.4. The number of hydrogen-bond donors (Lipinski definition) is 3.